The zero-order chi connectivity index (χ0) is 24.6. The second-order valence-corrected chi connectivity index (χ2v) is 9.32. The topological polar surface area (TPSA) is 63.2 Å². The highest BCUT2D eigenvalue weighted by atomic mass is 79.9. The fourth-order valence-electron chi connectivity index (χ4n) is 3.90. The Bertz CT molecular complexity index is 1170. The molecule has 0 atom stereocenters. The average Bonchev–Trinajstić information content (AvgIpc) is 3.41. The molecule has 1 aliphatic rings. The molecule has 3 aromatic carbocycles. The van der Waals surface area contributed by atoms with E-state index in [9.17, 15) is 4.79 Å². The number of halogens is 1. The van der Waals surface area contributed by atoms with E-state index in [2.05, 4.69) is 50.4 Å². The highest BCUT2D eigenvalue weighted by Crippen LogP contribution is 2.34. The number of hydrazone groups is 1. The number of ether oxygens (including phenoxy) is 2. The molecule has 6 nitrogen and oxygen atoms in total. The number of aryl methyl sites for hydroxylation is 1. The molecule has 0 unspecified atom stereocenters. The lowest BCUT2D eigenvalue weighted by molar-refractivity contribution is 0.0955. The molecule has 0 spiro atoms. The van der Waals surface area contributed by atoms with Crippen molar-refractivity contribution < 1.29 is 14.3 Å². The van der Waals surface area contributed by atoms with Crippen LogP contribution in [0.4, 0.5) is 5.69 Å². The summed E-state index contributed by atoms with van der Waals surface area (Å²) < 4.78 is 12.6. The van der Waals surface area contributed by atoms with Crippen molar-refractivity contribution in [2.45, 2.75) is 33.3 Å². The van der Waals surface area contributed by atoms with E-state index < -0.39 is 0 Å². The van der Waals surface area contributed by atoms with E-state index in [0.717, 1.165) is 34.4 Å². The Kier molecular flexibility index (Phi) is 8.42. The smallest absolute Gasteiger partial charge is 0.271 e. The molecule has 1 N–H and O–H groups in total. The van der Waals surface area contributed by atoms with Crippen molar-refractivity contribution in [3.8, 4) is 11.5 Å². The third-order valence-electron chi connectivity index (χ3n) is 5.85. The normalized spacial score (nSPS) is 13.3. The number of anilines is 1. The molecule has 7 heteroatoms. The van der Waals surface area contributed by atoms with E-state index in [-0.39, 0.29) is 5.91 Å². The van der Waals surface area contributed by atoms with Crippen LogP contribution in [-0.2, 0) is 6.61 Å². The predicted octanol–water partition coefficient (Wildman–Crippen LogP) is 6.10. The molecule has 3 aromatic rings. The van der Waals surface area contributed by atoms with Crippen LogP contribution in [0.3, 0.4) is 0 Å². The number of nitrogens with zero attached hydrogens (tertiary/aromatic N) is 2. The highest BCUT2D eigenvalue weighted by molar-refractivity contribution is 9.10. The maximum absolute atomic E-state index is 12.5. The lowest BCUT2D eigenvalue weighted by Gasteiger charge is -2.17. The number of benzene rings is 3. The molecule has 1 heterocycles. The van der Waals surface area contributed by atoms with Crippen molar-refractivity contribution in [1.82, 2.24) is 5.43 Å². The minimum atomic E-state index is -0.256. The number of nitrogens with one attached hydrogen (secondary N) is 1. The van der Waals surface area contributed by atoms with Crippen LogP contribution in [0.25, 0.3) is 0 Å². The third kappa shape index (κ3) is 6.63. The molecule has 0 saturated carbocycles. The zero-order valence-electron chi connectivity index (χ0n) is 20.1. The van der Waals surface area contributed by atoms with Gasteiger partial charge in [-0.3, -0.25) is 4.79 Å². The van der Waals surface area contributed by atoms with Crippen LogP contribution in [0, 0.1) is 6.92 Å². The number of hydrogen-bond donors (Lipinski definition) is 1. The Morgan fingerprint density at radius 2 is 1.71 bits per heavy atom. The maximum atomic E-state index is 12.5. The van der Waals surface area contributed by atoms with Gasteiger partial charge in [0.25, 0.3) is 5.91 Å². The molecule has 35 heavy (non-hydrogen) atoms. The number of carbonyl (C=O) groups is 1. The van der Waals surface area contributed by atoms with Crippen LogP contribution in [0.15, 0.2) is 70.2 Å². The van der Waals surface area contributed by atoms with Crippen LogP contribution < -0.4 is 19.8 Å². The first kappa shape index (κ1) is 24.8. The summed E-state index contributed by atoms with van der Waals surface area (Å²) in [5.41, 5.74) is 7.38. The van der Waals surface area contributed by atoms with Crippen LogP contribution in [0.2, 0.25) is 0 Å². The van der Waals surface area contributed by atoms with E-state index in [1.54, 1.807) is 6.21 Å². The van der Waals surface area contributed by atoms with Gasteiger partial charge in [-0.05, 0) is 84.6 Å². The van der Waals surface area contributed by atoms with Crippen molar-refractivity contribution in [3.63, 3.8) is 0 Å². The molecule has 0 aromatic heterocycles. The van der Waals surface area contributed by atoms with Gasteiger partial charge in [0.05, 0.1) is 12.8 Å². The predicted molar refractivity (Wildman–Crippen MR) is 144 cm³/mol. The molecule has 1 saturated heterocycles. The summed E-state index contributed by atoms with van der Waals surface area (Å²) in [7, 11) is 0. The molecular formula is C28H30BrN3O3. The summed E-state index contributed by atoms with van der Waals surface area (Å²) >= 11 is 3.58. The van der Waals surface area contributed by atoms with Gasteiger partial charge in [-0.2, -0.15) is 5.10 Å². The second kappa shape index (κ2) is 11.9. The molecule has 182 valence electrons. The van der Waals surface area contributed by atoms with Crippen molar-refractivity contribution in [1.29, 1.82) is 0 Å². The zero-order valence-corrected chi connectivity index (χ0v) is 21.7. The highest BCUT2D eigenvalue weighted by Gasteiger charge is 2.13. The molecule has 1 fully saturated rings. The molecule has 1 aliphatic heterocycles. The summed E-state index contributed by atoms with van der Waals surface area (Å²) in [5.74, 6) is 1.00. The Hall–Kier alpha value is -3.32. The van der Waals surface area contributed by atoms with E-state index in [0.29, 0.717) is 30.3 Å². The van der Waals surface area contributed by atoms with E-state index in [1.165, 1.54) is 18.4 Å². The second-order valence-electron chi connectivity index (χ2n) is 8.47. The lowest BCUT2D eigenvalue weighted by atomic mass is 10.1. The van der Waals surface area contributed by atoms with Crippen molar-refractivity contribution in [2.24, 2.45) is 5.10 Å². The van der Waals surface area contributed by atoms with Gasteiger partial charge >= 0.3 is 0 Å². The molecule has 0 aliphatic carbocycles. The number of amides is 1. The SMILES string of the molecule is CCOc1cc(/C=N\NC(=O)c2ccc(N3CCCC3)cc2)c(Br)cc1OCc1ccc(C)cc1. The first-order valence-corrected chi connectivity index (χ1v) is 12.7. The van der Waals surface area contributed by atoms with Crippen LogP contribution in [0.5, 0.6) is 11.5 Å². The number of carbonyl (C=O) groups excluding carboxylic acids is 1. The largest absolute Gasteiger partial charge is 0.490 e. The summed E-state index contributed by atoms with van der Waals surface area (Å²) in [4.78, 5) is 14.9. The fourth-order valence-corrected chi connectivity index (χ4v) is 4.32. The fraction of sp³-hybridized carbons (Fsp3) is 0.286. The van der Waals surface area contributed by atoms with E-state index in [4.69, 9.17) is 9.47 Å². The van der Waals surface area contributed by atoms with Gasteiger partial charge in [-0.1, -0.05) is 29.8 Å². The van der Waals surface area contributed by atoms with Gasteiger partial charge in [0.15, 0.2) is 11.5 Å². The van der Waals surface area contributed by atoms with Gasteiger partial charge in [0.2, 0.25) is 0 Å². The van der Waals surface area contributed by atoms with Gasteiger partial charge in [-0.25, -0.2) is 5.43 Å². The lowest BCUT2D eigenvalue weighted by Crippen LogP contribution is -2.19. The minimum absolute atomic E-state index is 0.256. The maximum Gasteiger partial charge on any atom is 0.271 e. The Morgan fingerprint density at radius 1 is 1.03 bits per heavy atom. The molecular weight excluding hydrogens is 506 g/mol. The van der Waals surface area contributed by atoms with E-state index >= 15 is 0 Å². The monoisotopic (exact) mass is 535 g/mol. The van der Waals surface area contributed by atoms with Crippen molar-refractivity contribution in [2.75, 3.05) is 24.6 Å². The van der Waals surface area contributed by atoms with Crippen LogP contribution in [0.1, 0.15) is 46.8 Å². The molecule has 1 amide bonds. The first-order chi connectivity index (χ1) is 17.0. The molecule has 0 bridgehead atoms. The molecule has 0 radical (unpaired) electrons. The quantitative estimate of drug-likeness (QED) is 0.265. The Balaban J connectivity index is 1.40. The van der Waals surface area contributed by atoms with Crippen LogP contribution >= 0.6 is 15.9 Å². The Labute approximate surface area is 215 Å². The summed E-state index contributed by atoms with van der Waals surface area (Å²) in [6, 6.07) is 19.6. The average molecular weight is 536 g/mol. The summed E-state index contributed by atoms with van der Waals surface area (Å²) in [6.07, 6.45) is 4.03. The van der Waals surface area contributed by atoms with Crippen LogP contribution in [-0.4, -0.2) is 31.8 Å². The standard InChI is InChI=1S/C28H30BrN3O3/c1-3-34-26-16-23(25(29)17-27(26)35-19-21-8-6-20(2)7-9-21)18-30-31-28(33)22-10-12-24(13-11-22)32-14-4-5-15-32/h6-13,16-18H,3-5,14-15,19H2,1-2H3,(H,31,33)/b30-18-. The van der Waals surface area contributed by atoms with Gasteiger partial charge in [-0.15, -0.1) is 0 Å². The van der Waals surface area contributed by atoms with Gasteiger partial charge in [0, 0.05) is 34.4 Å². The van der Waals surface area contributed by atoms with Gasteiger partial charge < -0.3 is 14.4 Å². The summed E-state index contributed by atoms with van der Waals surface area (Å²) in [5, 5.41) is 4.15. The Morgan fingerprint density at radius 3 is 2.40 bits per heavy atom. The molecule has 4 rings (SSSR count). The van der Waals surface area contributed by atoms with Gasteiger partial charge in [0.1, 0.15) is 6.61 Å². The minimum Gasteiger partial charge on any atom is -0.490 e. The van der Waals surface area contributed by atoms with Crippen molar-refractivity contribution >= 4 is 33.7 Å². The van der Waals surface area contributed by atoms with E-state index in [1.807, 2.05) is 55.5 Å². The van der Waals surface area contributed by atoms with Crippen molar-refractivity contribution in [3.05, 3.63) is 87.4 Å². The number of rotatable bonds is 9. The number of hydrogen-bond acceptors (Lipinski definition) is 5. The first-order valence-electron chi connectivity index (χ1n) is 11.9. The third-order valence-corrected chi connectivity index (χ3v) is 6.54. The summed E-state index contributed by atoms with van der Waals surface area (Å²) in [6.45, 7) is 7.07.